The highest BCUT2D eigenvalue weighted by Crippen LogP contribution is 2.27. The second-order valence-corrected chi connectivity index (χ2v) is 5.28. The molecule has 2 nitrogen and oxygen atoms in total. The molecule has 0 heterocycles. The van der Waals surface area contributed by atoms with Crippen molar-refractivity contribution in [1.82, 2.24) is 5.32 Å². The first-order valence-electron chi connectivity index (χ1n) is 4.70. The molecule has 1 N–H and O–H groups in total. The fourth-order valence-electron chi connectivity index (χ4n) is 1.14. The van der Waals surface area contributed by atoms with Crippen LogP contribution in [0.25, 0.3) is 0 Å². The van der Waals surface area contributed by atoms with Crippen molar-refractivity contribution in [2.45, 2.75) is 11.8 Å². The topological polar surface area (TPSA) is 29.1 Å². The summed E-state index contributed by atoms with van der Waals surface area (Å²) >= 11 is 11.9. The largest absolute Gasteiger partial charge is 0.316 e. The van der Waals surface area contributed by atoms with Crippen molar-refractivity contribution in [2.24, 2.45) is 0 Å². The van der Waals surface area contributed by atoms with E-state index >= 15 is 0 Å². The van der Waals surface area contributed by atoms with Gasteiger partial charge in [-0.2, -0.15) is 0 Å². The molecule has 0 saturated carbocycles. The van der Waals surface area contributed by atoms with Crippen molar-refractivity contribution in [1.29, 1.82) is 0 Å². The van der Waals surface area contributed by atoms with Crippen LogP contribution in [0.5, 0.6) is 0 Å². The summed E-state index contributed by atoms with van der Waals surface area (Å²) in [4.78, 5) is 0.540. The number of hydrogen-bond acceptors (Lipinski definition) is 2. The van der Waals surface area contributed by atoms with E-state index in [-0.39, 0.29) is 0 Å². The van der Waals surface area contributed by atoms with Crippen LogP contribution in [-0.4, -0.2) is 23.1 Å². The average molecular weight is 266 g/mol. The summed E-state index contributed by atoms with van der Waals surface area (Å²) in [6.07, 6.45) is 0. The fraction of sp³-hybridized carbons (Fsp3) is 0.400. The van der Waals surface area contributed by atoms with Crippen LogP contribution in [0.4, 0.5) is 0 Å². The highest BCUT2D eigenvalue weighted by Gasteiger charge is 2.12. The van der Waals surface area contributed by atoms with Crippen molar-refractivity contribution in [3.63, 3.8) is 0 Å². The monoisotopic (exact) mass is 265 g/mol. The summed E-state index contributed by atoms with van der Waals surface area (Å²) in [5, 5.41) is 4.05. The lowest BCUT2D eigenvalue weighted by Gasteiger charge is -2.06. The van der Waals surface area contributed by atoms with E-state index in [1.807, 2.05) is 6.92 Å². The Bertz CT molecular complexity index is 337. The van der Waals surface area contributed by atoms with E-state index in [0.29, 0.717) is 27.2 Å². The van der Waals surface area contributed by atoms with Gasteiger partial charge in [0.2, 0.25) is 0 Å². The van der Waals surface area contributed by atoms with Gasteiger partial charge in [-0.25, -0.2) is 0 Å². The lowest BCUT2D eigenvalue weighted by atomic mass is 10.4. The zero-order valence-electron chi connectivity index (χ0n) is 8.43. The van der Waals surface area contributed by atoms with Crippen LogP contribution in [0.3, 0.4) is 0 Å². The average Bonchev–Trinajstić information content (AvgIpc) is 2.18. The summed E-state index contributed by atoms with van der Waals surface area (Å²) in [6, 6.07) is 5.15. The van der Waals surface area contributed by atoms with Gasteiger partial charge in [0.15, 0.2) is 0 Å². The smallest absolute Gasteiger partial charge is 0.0760 e. The van der Waals surface area contributed by atoms with Crippen LogP contribution in [0.2, 0.25) is 10.0 Å². The number of nitrogens with one attached hydrogen (secondary N) is 1. The van der Waals surface area contributed by atoms with Crippen LogP contribution >= 0.6 is 23.2 Å². The van der Waals surface area contributed by atoms with E-state index in [0.717, 1.165) is 6.54 Å². The molecule has 1 rings (SSSR count). The van der Waals surface area contributed by atoms with Crippen LogP contribution in [0.15, 0.2) is 23.1 Å². The van der Waals surface area contributed by atoms with Gasteiger partial charge in [-0.1, -0.05) is 36.2 Å². The second-order valence-electron chi connectivity index (χ2n) is 2.95. The molecule has 0 saturated heterocycles. The van der Waals surface area contributed by atoms with Crippen LogP contribution < -0.4 is 5.32 Å². The molecule has 0 radical (unpaired) electrons. The Morgan fingerprint density at radius 3 is 2.47 bits per heavy atom. The molecule has 0 aromatic heterocycles. The molecule has 84 valence electrons. The second kappa shape index (κ2) is 6.48. The van der Waals surface area contributed by atoms with Crippen molar-refractivity contribution < 1.29 is 4.21 Å². The maximum absolute atomic E-state index is 11.9. The standard InChI is InChI=1S/C10H13Cl2NOS/c1-2-13-6-7-15(14)10-8(11)4-3-5-9(10)12/h3-5,13H,2,6-7H2,1H3. The predicted molar refractivity (Wildman–Crippen MR) is 66.3 cm³/mol. The Labute approximate surface area is 102 Å². The van der Waals surface area contributed by atoms with Gasteiger partial charge >= 0.3 is 0 Å². The lowest BCUT2D eigenvalue weighted by molar-refractivity contribution is 0.677. The SMILES string of the molecule is CCNCCS(=O)c1c(Cl)cccc1Cl. The van der Waals surface area contributed by atoms with E-state index in [2.05, 4.69) is 5.32 Å². The molecule has 1 atom stereocenters. The molecule has 0 fully saturated rings. The zero-order chi connectivity index (χ0) is 11.3. The molecule has 0 aliphatic heterocycles. The fourth-order valence-corrected chi connectivity index (χ4v) is 3.16. The normalized spacial score (nSPS) is 12.7. The molecule has 15 heavy (non-hydrogen) atoms. The number of benzene rings is 1. The summed E-state index contributed by atoms with van der Waals surface area (Å²) in [6.45, 7) is 3.57. The minimum Gasteiger partial charge on any atom is -0.316 e. The summed E-state index contributed by atoms with van der Waals surface area (Å²) in [7, 11) is -1.13. The third-order valence-corrected chi connectivity index (χ3v) is 4.18. The molecular weight excluding hydrogens is 253 g/mol. The molecule has 0 bridgehead atoms. The van der Waals surface area contributed by atoms with E-state index < -0.39 is 10.8 Å². The van der Waals surface area contributed by atoms with Crippen LogP contribution in [0.1, 0.15) is 6.92 Å². The van der Waals surface area contributed by atoms with Gasteiger partial charge in [-0.3, -0.25) is 4.21 Å². The third-order valence-electron chi connectivity index (χ3n) is 1.86. The number of halogens is 2. The number of hydrogen-bond donors (Lipinski definition) is 1. The Hall–Kier alpha value is -0.0900. The van der Waals surface area contributed by atoms with Gasteiger partial charge in [0.25, 0.3) is 0 Å². The van der Waals surface area contributed by atoms with Crippen molar-refractivity contribution in [3.8, 4) is 0 Å². The predicted octanol–water partition coefficient (Wildman–Crippen LogP) is 2.71. The Morgan fingerprint density at radius 1 is 1.33 bits per heavy atom. The molecule has 1 aromatic carbocycles. The first-order chi connectivity index (χ1) is 7.16. The van der Waals surface area contributed by atoms with Crippen LogP contribution in [-0.2, 0) is 10.8 Å². The Balaban J connectivity index is 2.73. The molecule has 0 aliphatic rings. The first kappa shape index (κ1) is 13.0. The van der Waals surface area contributed by atoms with Gasteiger partial charge in [0.1, 0.15) is 0 Å². The Morgan fingerprint density at radius 2 is 1.93 bits per heavy atom. The van der Waals surface area contributed by atoms with E-state index in [1.54, 1.807) is 18.2 Å². The molecule has 0 spiro atoms. The van der Waals surface area contributed by atoms with E-state index in [4.69, 9.17) is 23.2 Å². The molecular formula is C10H13Cl2NOS. The Kier molecular flexibility index (Phi) is 5.61. The molecule has 5 heteroatoms. The quantitative estimate of drug-likeness (QED) is 0.830. The highest BCUT2D eigenvalue weighted by atomic mass is 35.5. The van der Waals surface area contributed by atoms with E-state index in [9.17, 15) is 4.21 Å². The van der Waals surface area contributed by atoms with Crippen molar-refractivity contribution in [3.05, 3.63) is 28.2 Å². The highest BCUT2D eigenvalue weighted by molar-refractivity contribution is 7.85. The minimum absolute atomic E-state index is 0.470. The summed E-state index contributed by atoms with van der Waals surface area (Å²) in [5.41, 5.74) is 0. The molecule has 0 aliphatic carbocycles. The maximum Gasteiger partial charge on any atom is 0.0760 e. The molecule has 0 amide bonds. The van der Waals surface area contributed by atoms with Gasteiger partial charge < -0.3 is 5.32 Å². The van der Waals surface area contributed by atoms with Gasteiger partial charge in [-0.05, 0) is 18.7 Å². The minimum atomic E-state index is -1.13. The third kappa shape index (κ3) is 3.76. The first-order valence-corrected chi connectivity index (χ1v) is 6.77. The zero-order valence-corrected chi connectivity index (χ0v) is 10.8. The molecule has 1 unspecified atom stereocenters. The molecule has 1 aromatic rings. The summed E-state index contributed by atoms with van der Waals surface area (Å²) in [5.74, 6) is 0.525. The lowest BCUT2D eigenvalue weighted by Crippen LogP contribution is -2.20. The summed E-state index contributed by atoms with van der Waals surface area (Å²) < 4.78 is 11.9. The maximum atomic E-state index is 11.9. The van der Waals surface area contributed by atoms with Gasteiger partial charge in [-0.15, -0.1) is 0 Å². The van der Waals surface area contributed by atoms with Crippen molar-refractivity contribution >= 4 is 34.0 Å². The van der Waals surface area contributed by atoms with Gasteiger partial charge in [0, 0.05) is 12.3 Å². The van der Waals surface area contributed by atoms with E-state index in [1.165, 1.54) is 0 Å². The van der Waals surface area contributed by atoms with Crippen molar-refractivity contribution in [2.75, 3.05) is 18.8 Å². The van der Waals surface area contributed by atoms with Crippen LogP contribution in [0, 0.1) is 0 Å². The van der Waals surface area contributed by atoms with Gasteiger partial charge in [0.05, 0.1) is 25.7 Å². The number of rotatable bonds is 5.